The average molecular weight is 356 g/mol. The molecule has 0 radical (unpaired) electrons. The molecule has 3 nitrogen and oxygen atoms in total. The summed E-state index contributed by atoms with van der Waals surface area (Å²) in [6.07, 6.45) is 1.75. The molecule has 4 heteroatoms. The van der Waals surface area contributed by atoms with Crippen molar-refractivity contribution in [2.24, 2.45) is 0 Å². The quantitative estimate of drug-likeness (QED) is 0.672. The fourth-order valence-corrected chi connectivity index (χ4v) is 2.25. The fourth-order valence-electron chi connectivity index (χ4n) is 1.93. The van der Waals surface area contributed by atoms with Crippen molar-refractivity contribution in [3.8, 4) is 0 Å². The largest absolute Gasteiger partial charge is 0.444 e. The highest BCUT2D eigenvalue weighted by molar-refractivity contribution is 9.09. The van der Waals surface area contributed by atoms with Crippen LogP contribution in [0, 0.1) is 0 Å². The van der Waals surface area contributed by atoms with E-state index in [1.165, 1.54) is 0 Å². The lowest BCUT2D eigenvalue weighted by atomic mass is 10.2. The van der Waals surface area contributed by atoms with E-state index in [1.54, 1.807) is 4.90 Å². The predicted molar refractivity (Wildman–Crippen MR) is 90.7 cm³/mol. The van der Waals surface area contributed by atoms with E-state index in [4.69, 9.17) is 4.74 Å². The van der Waals surface area contributed by atoms with Crippen molar-refractivity contribution in [3.05, 3.63) is 35.9 Å². The third-order valence-corrected chi connectivity index (χ3v) is 3.36. The molecule has 1 rings (SSSR count). The van der Waals surface area contributed by atoms with Gasteiger partial charge >= 0.3 is 6.09 Å². The highest BCUT2D eigenvalue weighted by Gasteiger charge is 2.22. The lowest BCUT2D eigenvalue weighted by Crippen LogP contribution is -2.37. The molecule has 0 aliphatic carbocycles. The van der Waals surface area contributed by atoms with Crippen LogP contribution in [-0.4, -0.2) is 28.0 Å². The third-order valence-electron chi connectivity index (χ3n) is 2.90. The molecule has 0 heterocycles. The maximum atomic E-state index is 12.3. The number of halogens is 1. The van der Waals surface area contributed by atoms with Gasteiger partial charge in [0.1, 0.15) is 5.60 Å². The SMILES string of the molecule is CC(Br)CCCN(Cc1ccccc1)C(=O)OC(C)(C)C. The second-order valence-corrected chi connectivity index (χ2v) is 7.87. The van der Waals surface area contributed by atoms with Crippen molar-refractivity contribution in [1.29, 1.82) is 0 Å². The number of amides is 1. The standard InChI is InChI=1S/C17H26BrNO2/c1-14(18)9-8-12-19(16(20)21-17(2,3)4)13-15-10-6-5-7-11-15/h5-7,10-11,14H,8-9,12-13H2,1-4H3. The van der Waals surface area contributed by atoms with E-state index in [0.29, 0.717) is 17.9 Å². The molecular formula is C17H26BrNO2. The first-order valence-electron chi connectivity index (χ1n) is 7.44. The van der Waals surface area contributed by atoms with Gasteiger partial charge in [-0.15, -0.1) is 0 Å². The Kier molecular flexibility index (Phi) is 7.23. The van der Waals surface area contributed by atoms with Crippen LogP contribution in [0.3, 0.4) is 0 Å². The molecule has 21 heavy (non-hydrogen) atoms. The van der Waals surface area contributed by atoms with Crippen LogP contribution in [0.4, 0.5) is 4.79 Å². The molecule has 0 spiro atoms. The summed E-state index contributed by atoms with van der Waals surface area (Å²) >= 11 is 3.54. The monoisotopic (exact) mass is 355 g/mol. The molecule has 0 saturated heterocycles. The lowest BCUT2D eigenvalue weighted by Gasteiger charge is -2.27. The molecule has 0 N–H and O–H groups in total. The molecule has 1 atom stereocenters. The number of nitrogens with zero attached hydrogens (tertiary/aromatic N) is 1. The second kappa shape index (κ2) is 8.42. The van der Waals surface area contributed by atoms with E-state index in [2.05, 4.69) is 22.9 Å². The molecule has 0 aromatic heterocycles. The Hall–Kier alpha value is -1.03. The third kappa shape index (κ3) is 8.10. The zero-order valence-corrected chi connectivity index (χ0v) is 15.0. The number of benzene rings is 1. The smallest absolute Gasteiger partial charge is 0.410 e. The topological polar surface area (TPSA) is 29.5 Å². The van der Waals surface area contributed by atoms with E-state index < -0.39 is 5.60 Å². The van der Waals surface area contributed by atoms with Gasteiger partial charge in [0.15, 0.2) is 0 Å². The van der Waals surface area contributed by atoms with Gasteiger partial charge in [-0.05, 0) is 39.2 Å². The van der Waals surface area contributed by atoms with Crippen LogP contribution in [0.2, 0.25) is 0 Å². The molecule has 0 fully saturated rings. The van der Waals surface area contributed by atoms with E-state index in [0.717, 1.165) is 18.4 Å². The molecule has 1 unspecified atom stereocenters. The van der Waals surface area contributed by atoms with Crippen molar-refractivity contribution in [2.75, 3.05) is 6.54 Å². The maximum Gasteiger partial charge on any atom is 0.410 e. The summed E-state index contributed by atoms with van der Waals surface area (Å²) in [7, 11) is 0. The molecular weight excluding hydrogens is 330 g/mol. The fraction of sp³-hybridized carbons (Fsp3) is 0.588. The van der Waals surface area contributed by atoms with Gasteiger partial charge in [0.2, 0.25) is 0 Å². The summed E-state index contributed by atoms with van der Waals surface area (Å²) in [5.74, 6) is 0. The van der Waals surface area contributed by atoms with Crippen molar-refractivity contribution in [1.82, 2.24) is 4.90 Å². The second-order valence-electron chi connectivity index (χ2n) is 6.31. The first-order valence-corrected chi connectivity index (χ1v) is 8.35. The van der Waals surface area contributed by atoms with E-state index in [-0.39, 0.29) is 6.09 Å². The van der Waals surface area contributed by atoms with Gasteiger partial charge in [0.05, 0.1) is 0 Å². The Bertz CT molecular complexity index is 426. The maximum absolute atomic E-state index is 12.3. The van der Waals surface area contributed by atoms with Gasteiger partial charge < -0.3 is 9.64 Å². The molecule has 1 aromatic rings. The zero-order chi connectivity index (χ0) is 15.9. The molecule has 0 saturated carbocycles. The summed E-state index contributed by atoms with van der Waals surface area (Å²) in [4.78, 5) is 14.6. The normalized spacial score (nSPS) is 12.8. The Morgan fingerprint density at radius 1 is 1.29 bits per heavy atom. The van der Waals surface area contributed by atoms with E-state index in [9.17, 15) is 4.79 Å². The Morgan fingerprint density at radius 3 is 2.43 bits per heavy atom. The molecule has 1 amide bonds. The van der Waals surface area contributed by atoms with Gasteiger partial charge in [0, 0.05) is 17.9 Å². The van der Waals surface area contributed by atoms with Crippen LogP contribution in [0.25, 0.3) is 0 Å². The Labute approximate surface area is 136 Å². The minimum absolute atomic E-state index is 0.242. The van der Waals surface area contributed by atoms with Crippen LogP contribution in [0.15, 0.2) is 30.3 Å². The predicted octanol–water partition coefficient (Wildman–Crippen LogP) is 4.99. The summed E-state index contributed by atoms with van der Waals surface area (Å²) < 4.78 is 5.50. The van der Waals surface area contributed by atoms with Crippen molar-refractivity contribution in [2.45, 2.75) is 57.5 Å². The van der Waals surface area contributed by atoms with Crippen LogP contribution in [-0.2, 0) is 11.3 Å². The first-order chi connectivity index (χ1) is 9.78. The highest BCUT2D eigenvalue weighted by atomic mass is 79.9. The van der Waals surface area contributed by atoms with Gasteiger partial charge in [0.25, 0.3) is 0 Å². The average Bonchev–Trinajstić information content (AvgIpc) is 2.36. The summed E-state index contributed by atoms with van der Waals surface area (Å²) in [5.41, 5.74) is 0.657. The summed E-state index contributed by atoms with van der Waals surface area (Å²) in [5, 5.41) is 0. The molecule has 0 bridgehead atoms. The lowest BCUT2D eigenvalue weighted by molar-refractivity contribution is 0.0230. The molecule has 0 aliphatic heterocycles. The van der Waals surface area contributed by atoms with Gasteiger partial charge in [-0.3, -0.25) is 0 Å². The Balaban J connectivity index is 2.67. The van der Waals surface area contributed by atoms with Gasteiger partial charge in [-0.1, -0.05) is 53.2 Å². The van der Waals surface area contributed by atoms with Gasteiger partial charge in [-0.2, -0.15) is 0 Å². The number of hydrogen-bond acceptors (Lipinski definition) is 2. The van der Waals surface area contributed by atoms with Crippen LogP contribution >= 0.6 is 15.9 Å². The summed E-state index contributed by atoms with van der Waals surface area (Å²) in [6, 6.07) is 10.0. The van der Waals surface area contributed by atoms with Gasteiger partial charge in [-0.25, -0.2) is 4.79 Å². The van der Waals surface area contributed by atoms with Crippen molar-refractivity contribution in [3.63, 3.8) is 0 Å². The zero-order valence-electron chi connectivity index (χ0n) is 13.4. The van der Waals surface area contributed by atoms with E-state index in [1.807, 2.05) is 51.1 Å². The highest BCUT2D eigenvalue weighted by Crippen LogP contribution is 2.15. The number of rotatable bonds is 6. The van der Waals surface area contributed by atoms with Crippen molar-refractivity contribution < 1.29 is 9.53 Å². The number of alkyl halides is 1. The molecule has 118 valence electrons. The minimum atomic E-state index is -0.464. The summed E-state index contributed by atoms with van der Waals surface area (Å²) in [6.45, 7) is 9.10. The van der Waals surface area contributed by atoms with Crippen LogP contribution < -0.4 is 0 Å². The van der Waals surface area contributed by atoms with Crippen LogP contribution in [0.5, 0.6) is 0 Å². The molecule has 0 aliphatic rings. The van der Waals surface area contributed by atoms with Crippen LogP contribution in [0.1, 0.15) is 46.1 Å². The number of hydrogen-bond donors (Lipinski definition) is 0. The number of carbonyl (C=O) groups is 1. The minimum Gasteiger partial charge on any atom is -0.444 e. The van der Waals surface area contributed by atoms with Crippen molar-refractivity contribution >= 4 is 22.0 Å². The molecule has 1 aromatic carbocycles. The Morgan fingerprint density at radius 2 is 1.90 bits per heavy atom. The number of carbonyl (C=O) groups excluding carboxylic acids is 1. The van der Waals surface area contributed by atoms with E-state index >= 15 is 0 Å². The first kappa shape index (κ1) is 18.0. The number of ether oxygens (including phenoxy) is 1.